The Kier molecular flexibility index (Phi) is 3.48. The molecule has 1 saturated carbocycles. The van der Waals surface area contributed by atoms with E-state index in [2.05, 4.69) is 0 Å². The van der Waals surface area contributed by atoms with E-state index in [4.69, 9.17) is 17.3 Å². The Bertz CT molecular complexity index is 379. The topological polar surface area (TPSA) is 26.0 Å². The van der Waals surface area contributed by atoms with Gasteiger partial charge in [0.25, 0.3) is 0 Å². The van der Waals surface area contributed by atoms with Crippen LogP contribution in [0.3, 0.4) is 0 Å². The second-order valence-electron chi connectivity index (χ2n) is 4.34. The van der Waals surface area contributed by atoms with Crippen molar-refractivity contribution in [1.82, 2.24) is 0 Å². The van der Waals surface area contributed by atoms with Gasteiger partial charge in [-0.05, 0) is 36.8 Å². The first kappa shape index (κ1) is 12.2. The third-order valence-electron chi connectivity index (χ3n) is 3.27. The summed E-state index contributed by atoms with van der Waals surface area (Å²) in [5, 5.41) is 0.472. The molecule has 0 aliphatic heterocycles. The van der Waals surface area contributed by atoms with Crippen LogP contribution in [-0.4, -0.2) is 6.26 Å². The normalized spacial score (nSPS) is 19.0. The summed E-state index contributed by atoms with van der Waals surface area (Å²) in [4.78, 5) is 0.506. The number of benzene rings is 1. The highest BCUT2D eigenvalue weighted by Crippen LogP contribution is 2.39. The summed E-state index contributed by atoms with van der Waals surface area (Å²) in [6, 6.07) is 3.37. The molecule has 4 heteroatoms. The Labute approximate surface area is 105 Å². The minimum atomic E-state index is -0.374. The number of rotatable bonds is 2. The summed E-state index contributed by atoms with van der Waals surface area (Å²) < 4.78 is 13.8. The van der Waals surface area contributed by atoms with Crippen LogP contribution in [0.25, 0.3) is 0 Å². The maximum Gasteiger partial charge on any atom is 0.138 e. The molecule has 16 heavy (non-hydrogen) atoms. The summed E-state index contributed by atoms with van der Waals surface area (Å²) in [5.74, 6) is -0.258. The van der Waals surface area contributed by atoms with Gasteiger partial charge in [0.15, 0.2) is 0 Å². The highest BCUT2D eigenvalue weighted by atomic mass is 35.5. The maximum absolute atomic E-state index is 13.8. The zero-order chi connectivity index (χ0) is 11.8. The van der Waals surface area contributed by atoms with Gasteiger partial charge in [-0.15, -0.1) is 11.8 Å². The van der Waals surface area contributed by atoms with Crippen molar-refractivity contribution in [1.29, 1.82) is 0 Å². The van der Waals surface area contributed by atoms with Gasteiger partial charge < -0.3 is 5.73 Å². The van der Waals surface area contributed by atoms with Gasteiger partial charge in [-0.25, -0.2) is 4.39 Å². The summed E-state index contributed by atoms with van der Waals surface area (Å²) >= 11 is 7.38. The zero-order valence-corrected chi connectivity index (χ0v) is 10.8. The predicted octanol–water partition coefficient (Wildman–Crippen LogP) is 3.93. The van der Waals surface area contributed by atoms with E-state index >= 15 is 0 Å². The summed E-state index contributed by atoms with van der Waals surface area (Å²) in [5.41, 5.74) is 6.74. The van der Waals surface area contributed by atoms with Crippen LogP contribution in [0, 0.1) is 5.82 Å². The molecule has 2 rings (SSSR count). The van der Waals surface area contributed by atoms with Crippen LogP contribution in [0.5, 0.6) is 0 Å². The maximum atomic E-state index is 13.8. The molecule has 0 aromatic heterocycles. The summed E-state index contributed by atoms with van der Waals surface area (Å²) in [7, 11) is 0. The van der Waals surface area contributed by atoms with E-state index in [0.717, 1.165) is 31.2 Å². The minimum Gasteiger partial charge on any atom is -0.321 e. The summed E-state index contributed by atoms with van der Waals surface area (Å²) in [6.45, 7) is 0. The lowest BCUT2D eigenvalue weighted by Crippen LogP contribution is -2.33. The molecular formula is C12H15ClFNS. The smallest absolute Gasteiger partial charge is 0.138 e. The minimum absolute atomic E-state index is 0.258. The fourth-order valence-corrected chi connectivity index (χ4v) is 3.28. The molecule has 1 nitrogen and oxygen atoms in total. The lowest BCUT2D eigenvalue weighted by molar-refractivity contribution is 0.456. The molecule has 1 fully saturated rings. The molecule has 0 amide bonds. The average Bonchev–Trinajstić information content (AvgIpc) is 2.66. The Balaban J connectivity index is 2.43. The van der Waals surface area contributed by atoms with Crippen LogP contribution >= 0.6 is 23.4 Å². The van der Waals surface area contributed by atoms with Crippen LogP contribution in [-0.2, 0) is 5.54 Å². The first-order chi connectivity index (χ1) is 7.57. The highest BCUT2D eigenvalue weighted by Gasteiger charge is 2.32. The van der Waals surface area contributed by atoms with Gasteiger partial charge in [0, 0.05) is 5.54 Å². The van der Waals surface area contributed by atoms with Crippen molar-refractivity contribution in [3.63, 3.8) is 0 Å². The van der Waals surface area contributed by atoms with Gasteiger partial charge >= 0.3 is 0 Å². The van der Waals surface area contributed by atoms with Crippen molar-refractivity contribution in [2.75, 3.05) is 6.26 Å². The molecule has 1 aromatic carbocycles. The SMILES string of the molecule is CSc1c(F)cc(C2(N)CCCC2)cc1Cl. The van der Waals surface area contributed by atoms with Gasteiger partial charge in [0.05, 0.1) is 9.92 Å². The Morgan fingerprint density at radius 2 is 2.00 bits per heavy atom. The molecule has 0 unspecified atom stereocenters. The molecule has 0 heterocycles. The average molecular weight is 260 g/mol. The van der Waals surface area contributed by atoms with Gasteiger partial charge in [0.1, 0.15) is 5.82 Å². The third kappa shape index (κ3) is 2.08. The van der Waals surface area contributed by atoms with E-state index in [0.29, 0.717) is 9.92 Å². The van der Waals surface area contributed by atoms with Crippen molar-refractivity contribution in [3.8, 4) is 0 Å². The van der Waals surface area contributed by atoms with E-state index in [9.17, 15) is 4.39 Å². The van der Waals surface area contributed by atoms with Crippen LogP contribution in [0.2, 0.25) is 5.02 Å². The number of thioether (sulfide) groups is 1. The lowest BCUT2D eigenvalue weighted by atomic mass is 9.89. The fraction of sp³-hybridized carbons (Fsp3) is 0.500. The predicted molar refractivity (Wildman–Crippen MR) is 67.5 cm³/mol. The van der Waals surface area contributed by atoms with Gasteiger partial charge in [-0.1, -0.05) is 24.4 Å². The van der Waals surface area contributed by atoms with Crippen molar-refractivity contribution >= 4 is 23.4 Å². The lowest BCUT2D eigenvalue weighted by Gasteiger charge is -2.25. The number of nitrogens with two attached hydrogens (primary N) is 1. The molecular weight excluding hydrogens is 245 g/mol. The molecule has 88 valence electrons. The molecule has 1 aliphatic rings. The van der Waals surface area contributed by atoms with Crippen LogP contribution in [0.1, 0.15) is 31.2 Å². The van der Waals surface area contributed by atoms with Crippen molar-refractivity contribution < 1.29 is 4.39 Å². The highest BCUT2D eigenvalue weighted by molar-refractivity contribution is 7.98. The Morgan fingerprint density at radius 3 is 2.50 bits per heavy atom. The second-order valence-corrected chi connectivity index (χ2v) is 5.56. The number of hydrogen-bond donors (Lipinski definition) is 1. The number of hydrogen-bond acceptors (Lipinski definition) is 2. The molecule has 0 radical (unpaired) electrons. The van der Waals surface area contributed by atoms with Gasteiger partial charge in [0.2, 0.25) is 0 Å². The Morgan fingerprint density at radius 1 is 1.38 bits per heavy atom. The molecule has 1 aromatic rings. The van der Waals surface area contributed by atoms with Crippen LogP contribution in [0.4, 0.5) is 4.39 Å². The molecule has 2 N–H and O–H groups in total. The van der Waals surface area contributed by atoms with E-state index in [-0.39, 0.29) is 11.4 Å². The fourth-order valence-electron chi connectivity index (χ4n) is 2.34. The quantitative estimate of drug-likeness (QED) is 0.815. The van der Waals surface area contributed by atoms with E-state index < -0.39 is 0 Å². The van der Waals surface area contributed by atoms with Crippen LogP contribution in [0.15, 0.2) is 17.0 Å². The second kappa shape index (κ2) is 4.55. The largest absolute Gasteiger partial charge is 0.321 e. The third-order valence-corrected chi connectivity index (χ3v) is 4.51. The standard InChI is InChI=1S/C12H15ClFNS/c1-16-11-9(13)6-8(7-10(11)14)12(15)4-2-3-5-12/h6-7H,2-5,15H2,1H3. The number of halogens is 2. The van der Waals surface area contributed by atoms with Crippen molar-refractivity contribution in [2.24, 2.45) is 5.73 Å². The van der Waals surface area contributed by atoms with Crippen LogP contribution < -0.4 is 5.73 Å². The molecule has 0 bridgehead atoms. The molecule has 0 saturated heterocycles. The molecule has 0 atom stereocenters. The Hall–Kier alpha value is -0.250. The molecule has 1 aliphatic carbocycles. The first-order valence-corrected chi connectivity index (χ1v) is 6.99. The van der Waals surface area contributed by atoms with E-state index in [1.165, 1.54) is 11.8 Å². The van der Waals surface area contributed by atoms with Gasteiger partial charge in [-0.2, -0.15) is 0 Å². The summed E-state index contributed by atoms with van der Waals surface area (Å²) in [6.07, 6.45) is 5.88. The first-order valence-electron chi connectivity index (χ1n) is 5.39. The van der Waals surface area contributed by atoms with Gasteiger partial charge in [-0.3, -0.25) is 0 Å². The zero-order valence-electron chi connectivity index (χ0n) is 9.22. The van der Waals surface area contributed by atoms with E-state index in [1.807, 2.05) is 12.3 Å². The monoisotopic (exact) mass is 259 g/mol. The van der Waals surface area contributed by atoms with Crippen molar-refractivity contribution in [2.45, 2.75) is 36.1 Å². The van der Waals surface area contributed by atoms with E-state index in [1.54, 1.807) is 6.07 Å². The molecule has 0 spiro atoms. The van der Waals surface area contributed by atoms with Crippen molar-refractivity contribution in [3.05, 3.63) is 28.5 Å².